The Kier molecular flexibility index (Phi) is 3.11. The molecule has 0 bridgehead atoms. The van der Waals surface area contributed by atoms with Crippen LogP contribution in [0.1, 0.15) is 5.56 Å². The van der Waals surface area contributed by atoms with Gasteiger partial charge in [-0.15, -0.1) is 0 Å². The van der Waals surface area contributed by atoms with Gasteiger partial charge in [0, 0.05) is 16.2 Å². The maximum absolute atomic E-state index is 7.34. The Balaban J connectivity index is 2.47. The first-order valence-corrected chi connectivity index (χ1v) is 6.01. The van der Waals surface area contributed by atoms with Gasteiger partial charge in [-0.05, 0) is 50.1 Å². The minimum absolute atomic E-state index is 0.0499. The number of amidine groups is 1. The standard InChI is InChI=1S/C10H8Br2N4/c11-7-4-15-16(5-7)9-2-1-6(10(13)14)3-8(9)12/h1-5H,(H3,13,14). The first-order chi connectivity index (χ1) is 7.58. The number of aromatic nitrogens is 2. The van der Waals surface area contributed by atoms with Gasteiger partial charge in [0.2, 0.25) is 0 Å². The van der Waals surface area contributed by atoms with Crippen LogP contribution in [0.5, 0.6) is 0 Å². The van der Waals surface area contributed by atoms with Gasteiger partial charge in [0.25, 0.3) is 0 Å². The van der Waals surface area contributed by atoms with Crippen molar-refractivity contribution in [1.29, 1.82) is 5.41 Å². The number of benzene rings is 1. The van der Waals surface area contributed by atoms with Crippen LogP contribution in [0.3, 0.4) is 0 Å². The van der Waals surface area contributed by atoms with Gasteiger partial charge in [0.15, 0.2) is 0 Å². The summed E-state index contributed by atoms with van der Waals surface area (Å²) in [5.41, 5.74) is 6.99. The van der Waals surface area contributed by atoms with Gasteiger partial charge in [-0.3, -0.25) is 5.41 Å². The first kappa shape index (κ1) is 11.3. The van der Waals surface area contributed by atoms with E-state index in [4.69, 9.17) is 11.1 Å². The summed E-state index contributed by atoms with van der Waals surface area (Å²) in [4.78, 5) is 0. The summed E-state index contributed by atoms with van der Waals surface area (Å²) >= 11 is 6.77. The third-order valence-corrected chi connectivity index (χ3v) is 3.10. The molecule has 0 atom stereocenters. The summed E-state index contributed by atoms with van der Waals surface area (Å²) in [5, 5.41) is 11.5. The van der Waals surface area contributed by atoms with Gasteiger partial charge >= 0.3 is 0 Å². The Morgan fingerprint density at radius 2 is 2.12 bits per heavy atom. The predicted octanol–water partition coefficient (Wildman–Crippen LogP) is 2.68. The van der Waals surface area contributed by atoms with Crippen LogP contribution in [0.25, 0.3) is 5.69 Å². The van der Waals surface area contributed by atoms with Crippen molar-refractivity contribution in [3.63, 3.8) is 0 Å². The van der Waals surface area contributed by atoms with Crippen molar-refractivity contribution in [2.75, 3.05) is 0 Å². The molecule has 0 radical (unpaired) electrons. The van der Waals surface area contributed by atoms with E-state index in [1.54, 1.807) is 23.0 Å². The lowest BCUT2D eigenvalue weighted by molar-refractivity contribution is 0.876. The second kappa shape index (κ2) is 4.39. The van der Waals surface area contributed by atoms with Gasteiger partial charge in [-0.25, -0.2) is 4.68 Å². The van der Waals surface area contributed by atoms with Crippen molar-refractivity contribution in [2.45, 2.75) is 0 Å². The third kappa shape index (κ3) is 2.17. The fourth-order valence-corrected chi connectivity index (χ4v) is 2.14. The van der Waals surface area contributed by atoms with Crippen LogP contribution >= 0.6 is 31.9 Å². The second-order valence-electron chi connectivity index (χ2n) is 3.18. The molecule has 2 aromatic rings. The summed E-state index contributed by atoms with van der Waals surface area (Å²) < 4.78 is 3.49. The zero-order valence-electron chi connectivity index (χ0n) is 8.11. The fraction of sp³-hybridized carbons (Fsp3) is 0. The average Bonchev–Trinajstić information content (AvgIpc) is 2.64. The summed E-state index contributed by atoms with van der Waals surface area (Å²) in [5.74, 6) is 0.0499. The van der Waals surface area contributed by atoms with Crippen LogP contribution in [-0.4, -0.2) is 15.6 Å². The molecule has 16 heavy (non-hydrogen) atoms. The van der Waals surface area contributed by atoms with Crippen molar-refractivity contribution in [2.24, 2.45) is 5.73 Å². The lowest BCUT2D eigenvalue weighted by Crippen LogP contribution is -2.11. The number of rotatable bonds is 2. The Morgan fingerprint density at radius 3 is 2.62 bits per heavy atom. The monoisotopic (exact) mass is 342 g/mol. The normalized spacial score (nSPS) is 10.4. The maximum atomic E-state index is 7.34. The topological polar surface area (TPSA) is 67.7 Å². The first-order valence-electron chi connectivity index (χ1n) is 4.42. The molecule has 0 aliphatic heterocycles. The van der Waals surface area contributed by atoms with Crippen LogP contribution < -0.4 is 5.73 Å². The summed E-state index contributed by atoms with van der Waals surface area (Å²) in [6.07, 6.45) is 3.57. The molecule has 0 aliphatic rings. The van der Waals surface area contributed by atoms with Crippen LogP contribution in [0, 0.1) is 5.41 Å². The smallest absolute Gasteiger partial charge is 0.122 e. The fourth-order valence-electron chi connectivity index (χ4n) is 1.29. The molecule has 4 nitrogen and oxygen atoms in total. The molecule has 0 fully saturated rings. The Morgan fingerprint density at radius 1 is 1.38 bits per heavy atom. The number of hydrogen-bond acceptors (Lipinski definition) is 2. The van der Waals surface area contributed by atoms with E-state index in [0.29, 0.717) is 5.56 Å². The van der Waals surface area contributed by atoms with E-state index in [2.05, 4.69) is 37.0 Å². The zero-order valence-corrected chi connectivity index (χ0v) is 11.3. The Hall–Kier alpha value is -1.14. The highest BCUT2D eigenvalue weighted by Gasteiger charge is 2.06. The molecule has 0 spiro atoms. The number of nitrogen functional groups attached to an aromatic ring is 1. The molecule has 0 unspecified atom stereocenters. The van der Waals surface area contributed by atoms with E-state index in [1.807, 2.05) is 12.3 Å². The maximum Gasteiger partial charge on any atom is 0.122 e. The lowest BCUT2D eigenvalue weighted by atomic mass is 10.2. The quantitative estimate of drug-likeness (QED) is 0.650. The minimum Gasteiger partial charge on any atom is -0.384 e. The largest absolute Gasteiger partial charge is 0.384 e. The van der Waals surface area contributed by atoms with E-state index < -0.39 is 0 Å². The summed E-state index contributed by atoms with van der Waals surface area (Å²) in [7, 11) is 0. The number of halogens is 2. The highest BCUT2D eigenvalue weighted by atomic mass is 79.9. The lowest BCUT2D eigenvalue weighted by Gasteiger charge is -2.06. The highest BCUT2D eigenvalue weighted by Crippen LogP contribution is 2.23. The van der Waals surface area contributed by atoms with Crippen LogP contribution in [0.4, 0.5) is 0 Å². The molecular formula is C10H8Br2N4. The van der Waals surface area contributed by atoms with Crippen molar-refractivity contribution < 1.29 is 0 Å². The number of nitrogens with one attached hydrogen (secondary N) is 1. The van der Waals surface area contributed by atoms with Crippen molar-refractivity contribution in [3.05, 3.63) is 45.1 Å². The van der Waals surface area contributed by atoms with Crippen molar-refractivity contribution in [3.8, 4) is 5.69 Å². The van der Waals surface area contributed by atoms with E-state index in [-0.39, 0.29) is 5.84 Å². The Bertz CT molecular complexity index is 548. The van der Waals surface area contributed by atoms with Gasteiger partial charge in [-0.2, -0.15) is 5.10 Å². The van der Waals surface area contributed by atoms with Crippen LogP contribution in [0.2, 0.25) is 0 Å². The molecule has 2 rings (SSSR count). The molecule has 6 heteroatoms. The SMILES string of the molecule is N=C(N)c1ccc(-n2cc(Br)cn2)c(Br)c1. The molecule has 0 amide bonds. The van der Waals surface area contributed by atoms with Gasteiger partial charge in [0.05, 0.1) is 16.4 Å². The van der Waals surface area contributed by atoms with Crippen molar-refractivity contribution >= 4 is 37.7 Å². The van der Waals surface area contributed by atoms with Crippen LogP contribution in [-0.2, 0) is 0 Å². The summed E-state index contributed by atoms with van der Waals surface area (Å²) in [6.45, 7) is 0. The van der Waals surface area contributed by atoms with E-state index >= 15 is 0 Å². The molecule has 1 aromatic heterocycles. The average molecular weight is 344 g/mol. The molecule has 0 saturated carbocycles. The van der Waals surface area contributed by atoms with Gasteiger partial charge in [0.1, 0.15) is 5.84 Å². The molecule has 82 valence electrons. The third-order valence-electron chi connectivity index (χ3n) is 2.06. The van der Waals surface area contributed by atoms with E-state index in [9.17, 15) is 0 Å². The number of hydrogen-bond donors (Lipinski definition) is 2. The number of nitrogens with zero attached hydrogens (tertiary/aromatic N) is 2. The predicted molar refractivity (Wildman–Crippen MR) is 70.0 cm³/mol. The molecule has 0 aliphatic carbocycles. The molecule has 0 saturated heterocycles. The zero-order chi connectivity index (χ0) is 11.7. The van der Waals surface area contributed by atoms with Crippen LogP contribution in [0.15, 0.2) is 39.5 Å². The summed E-state index contributed by atoms with van der Waals surface area (Å²) in [6, 6.07) is 5.45. The molecule has 3 N–H and O–H groups in total. The Labute approximate surface area is 109 Å². The highest BCUT2D eigenvalue weighted by molar-refractivity contribution is 9.10. The molecular weight excluding hydrogens is 336 g/mol. The second-order valence-corrected chi connectivity index (χ2v) is 4.95. The minimum atomic E-state index is 0.0499. The van der Waals surface area contributed by atoms with Crippen molar-refractivity contribution in [1.82, 2.24) is 9.78 Å². The van der Waals surface area contributed by atoms with E-state index in [0.717, 1.165) is 14.6 Å². The van der Waals surface area contributed by atoms with Gasteiger partial charge in [-0.1, -0.05) is 0 Å². The van der Waals surface area contributed by atoms with Gasteiger partial charge < -0.3 is 5.73 Å². The van der Waals surface area contributed by atoms with E-state index in [1.165, 1.54) is 0 Å². The molecule has 1 aromatic carbocycles. The number of nitrogens with two attached hydrogens (primary N) is 1. The molecule has 1 heterocycles.